The minimum absolute atomic E-state index is 0.00766. The van der Waals surface area contributed by atoms with Crippen LogP contribution >= 0.6 is 0 Å². The first-order chi connectivity index (χ1) is 16.3. The van der Waals surface area contributed by atoms with Gasteiger partial charge in [-0.15, -0.1) is 0 Å². The van der Waals surface area contributed by atoms with Gasteiger partial charge in [0.05, 0.1) is 91.8 Å². The number of hydrogen-bond donors (Lipinski definition) is 0. The highest BCUT2D eigenvalue weighted by molar-refractivity contribution is 5.72. The Morgan fingerprint density at radius 1 is 0.545 bits per heavy atom. The Balaban J connectivity index is 3.19. The summed E-state index contributed by atoms with van der Waals surface area (Å²) in [6.07, 6.45) is 3.87. The molecule has 0 fully saturated rings. The molecule has 0 bridgehead atoms. The van der Waals surface area contributed by atoms with Gasteiger partial charge in [0, 0.05) is 6.61 Å². The van der Waals surface area contributed by atoms with Crippen molar-refractivity contribution < 1.29 is 42.7 Å². The third-order valence-electron chi connectivity index (χ3n) is 4.64. The fourth-order valence-corrected chi connectivity index (χ4v) is 2.72. The molecule has 9 heteroatoms. The van der Waals surface area contributed by atoms with E-state index in [1.165, 1.54) is 0 Å². The number of carbonyl (C=O) groups is 1. The number of hydrogen-bond acceptors (Lipinski definition) is 9. The molecule has 0 aromatic rings. The van der Waals surface area contributed by atoms with Crippen molar-refractivity contribution in [2.75, 3.05) is 99.1 Å². The molecule has 33 heavy (non-hydrogen) atoms. The van der Waals surface area contributed by atoms with Crippen molar-refractivity contribution in [2.24, 2.45) is 5.92 Å². The van der Waals surface area contributed by atoms with E-state index in [2.05, 4.69) is 6.92 Å². The zero-order valence-electron chi connectivity index (χ0n) is 21.2. The summed E-state index contributed by atoms with van der Waals surface area (Å²) in [7, 11) is 0. The van der Waals surface area contributed by atoms with Gasteiger partial charge in [-0.3, -0.25) is 4.79 Å². The third kappa shape index (κ3) is 24.1. The highest BCUT2D eigenvalue weighted by Gasteiger charge is 2.16. The summed E-state index contributed by atoms with van der Waals surface area (Å²) < 4.78 is 42.9. The van der Waals surface area contributed by atoms with Crippen LogP contribution in [0.3, 0.4) is 0 Å². The summed E-state index contributed by atoms with van der Waals surface area (Å²) in [5, 5.41) is 0. The van der Waals surface area contributed by atoms with Crippen LogP contribution in [0.15, 0.2) is 0 Å². The first kappa shape index (κ1) is 32.2. The highest BCUT2D eigenvalue weighted by Crippen LogP contribution is 2.14. The standard InChI is InChI=1S/C24H48O9/c1-4-7-8-23(5-2)24(25)33-22-21-32-20-19-31-18-17-30-16-15-29-14-13-28-12-11-27-10-9-26-6-3/h23H,4-22H2,1-3H3. The highest BCUT2D eigenvalue weighted by atomic mass is 16.6. The fourth-order valence-electron chi connectivity index (χ4n) is 2.72. The molecule has 0 amide bonds. The van der Waals surface area contributed by atoms with Crippen molar-refractivity contribution in [1.29, 1.82) is 0 Å². The van der Waals surface area contributed by atoms with Gasteiger partial charge >= 0.3 is 5.97 Å². The van der Waals surface area contributed by atoms with Gasteiger partial charge in [-0.25, -0.2) is 0 Å². The predicted molar refractivity (Wildman–Crippen MR) is 126 cm³/mol. The van der Waals surface area contributed by atoms with Gasteiger partial charge in [0.1, 0.15) is 6.61 Å². The average molecular weight is 481 g/mol. The van der Waals surface area contributed by atoms with Crippen LogP contribution in [-0.4, -0.2) is 105 Å². The molecule has 1 unspecified atom stereocenters. The van der Waals surface area contributed by atoms with Crippen molar-refractivity contribution in [3.8, 4) is 0 Å². The van der Waals surface area contributed by atoms with E-state index in [1.807, 2.05) is 13.8 Å². The molecule has 1 atom stereocenters. The zero-order chi connectivity index (χ0) is 24.2. The molecule has 0 aromatic carbocycles. The maximum atomic E-state index is 11.9. The molecule has 0 N–H and O–H groups in total. The van der Waals surface area contributed by atoms with Gasteiger partial charge < -0.3 is 37.9 Å². The Bertz CT molecular complexity index is 396. The molecule has 0 saturated heterocycles. The number of ether oxygens (including phenoxy) is 8. The van der Waals surface area contributed by atoms with E-state index >= 15 is 0 Å². The van der Waals surface area contributed by atoms with Crippen LogP contribution in [0, 0.1) is 5.92 Å². The predicted octanol–water partition coefficient (Wildman–Crippen LogP) is 2.88. The van der Waals surface area contributed by atoms with E-state index in [-0.39, 0.29) is 18.5 Å². The number of carbonyl (C=O) groups excluding carboxylic acids is 1. The van der Waals surface area contributed by atoms with Gasteiger partial charge in [-0.1, -0.05) is 26.7 Å². The Hall–Kier alpha value is -0.810. The molecule has 0 radical (unpaired) electrons. The first-order valence-electron chi connectivity index (χ1n) is 12.5. The quantitative estimate of drug-likeness (QED) is 0.130. The summed E-state index contributed by atoms with van der Waals surface area (Å²) in [5.41, 5.74) is 0. The van der Waals surface area contributed by atoms with Crippen LogP contribution < -0.4 is 0 Å². The van der Waals surface area contributed by atoms with E-state index in [0.717, 1.165) is 25.7 Å². The molecule has 0 rings (SSSR count). The molecular weight excluding hydrogens is 432 g/mol. The normalized spacial score (nSPS) is 12.2. The molecule has 0 heterocycles. The van der Waals surface area contributed by atoms with Gasteiger partial charge in [0.25, 0.3) is 0 Å². The second kappa shape index (κ2) is 27.4. The van der Waals surface area contributed by atoms with E-state index in [1.54, 1.807) is 0 Å². The second-order valence-electron chi connectivity index (χ2n) is 7.29. The van der Waals surface area contributed by atoms with E-state index < -0.39 is 0 Å². The molecule has 0 aliphatic heterocycles. The number of unbranched alkanes of at least 4 members (excludes halogenated alkanes) is 1. The molecule has 0 aromatic heterocycles. The molecule has 0 aliphatic carbocycles. The Kier molecular flexibility index (Phi) is 26.8. The summed E-state index contributed by atoms with van der Waals surface area (Å²) in [6, 6.07) is 0. The van der Waals surface area contributed by atoms with Gasteiger partial charge in [0.15, 0.2) is 0 Å². The van der Waals surface area contributed by atoms with E-state index in [0.29, 0.717) is 92.5 Å². The van der Waals surface area contributed by atoms with Gasteiger partial charge in [0.2, 0.25) is 0 Å². The van der Waals surface area contributed by atoms with Crippen LogP contribution in [0.25, 0.3) is 0 Å². The maximum Gasteiger partial charge on any atom is 0.308 e. The van der Waals surface area contributed by atoms with Crippen molar-refractivity contribution in [1.82, 2.24) is 0 Å². The second-order valence-corrected chi connectivity index (χ2v) is 7.29. The van der Waals surface area contributed by atoms with Crippen LogP contribution in [0.5, 0.6) is 0 Å². The lowest BCUT2D eigenvalue weighted by Gasteiger charge is -2.13. The lowest BCUT2D eigenvalue weighted by molar-refractivity contribution is -0.150. The van der Waals surface area contributed by atoms with Gasteiger partial charge in [-0.2, -0.15) is 0 Å². The smallest absolute Gasteiger partial charge is 0.308 e. The molecule has 9 nitrogen and oxygen atoms in total. The summed E-state index contributed by atoms with van der Waals surface area (Å²) in [4.78, 5) is 11.9. The summed E-state index contributed by atoms with van der Waals surface area (Å²) >= 11 is 0. The third-order valence-corrected chi connectivity index (χ3v) is 4.64. The Morgan fingerprint density at radius 3 is 1.24 bits per heavy atom. The number of esters is 1. The fraction of sp³-hybridized carbons (Fsp3) is 0.958. The average Bonchev–Trinajstić information content (AvgIpc) is 2.82. The van der Waals surface area contributed by atoms with Crippen molar-refractivity contribution in [3.05, 3.63) is 0 Å². The monoisotopic (exact) mass is 480 g/mol. The maximum absolute atomic E-state index is 11.9. The topological polar surface area (TPSA) is 90.9 Å². The lowest BCUT2D eigenvalue weighted by atomic mass is 10.00. The minimum atomic E-state index is -0.113. The zero-order valence-corrected chi connectivity index (χ0v) is 21.2. The molecular formula is C24H48O9. The van der Waals surface area contributed by atoms with Crippen LogP contribution in [0.4, 0.5) is 0 Å². The summed E-state index contributed by atoms with van der Waals surface area (Å²) in [6.45, 7) is 13.9. The van der Waals surface area contributed by atoms with Crippen molar-refractivity contribution in [3.63, 3.8) is 0 Å². The van der Waals surface area contributed by atoms with Gasteiger partial charge in [-0.05, 0) is 19.8 Å². The largest absolute Gasteiger partial charge is 0.463 e. The molecule has 0 aliphatic rings. The van der Waals surface area contributed by atoms with Crippen LogP contribution in [0.2, 0.25) is 0 Å². The minimum Gasteiger partial charge on any atom is -0.463 e. The molecule has 198 valence electrons. The molecule has 0 spiro atoms. The summed E-state index contributed by atoms with van der Waals surface area (Å²) in [5.74, 6) is -0.105. The van der Waals surface area contributed by atoms with E-state index in [9.17, 15) is 4.79 Å². The van der Waals surface area contributed by atoms with Crippen molar-refractivity contribution in [2.45, 2.75) is 46.5 Å². The SMILES string of the molecule is CCCCC(CC)C(=O)OCCOCCOCCOCCOCCOCCOCCOCC. The van der Waals surface area contributed by atoms with E-state index in [4.69, 9.17) is 37.9 Å². The number of rotatable bonds is 27. The first-order valence-corrected chi connectivity index (χ1v) is 12.5. The molecule has 0 saturated carbocycles. The van der Waals surface area contributed by atoms with Crippen LogP contribution in [0.1, 0.15) is 46.5 Å². The lowest BCUT2D eigenvalue weighted by Crippen LogP contribution is -2.20. The Morgan fingerprint density at radius 2 is 0.909 bits per heavy atom. The van der Waals surface area contributed by atoms with Crippen LogP contribution in [-0.2, 0) is 42.7 Å². The van der Waals surface area contributed by atoms with Crippen molar-refractivity contribution >= 4 is 5.97 Å². The Labute approximate surface area is 200 Å².